The highest BCUT2D eigenvalue weighted by Gasteiger charge is 2.33. The lowest BCUT2D eigenvalue weighted by atomic mass is 10.1. The number of likely N-dealkylation sites (N-methyl/N-ethyl adjacent to an activating group) is 1. The number of thiazole rings is 1. The maximum Gasteiger partial charge on any atom is 0.236 e. The normalized spacial score (nSPS) is 17.8. The number of halogens is 1. The van der Waals surface area contributed by atoms with Crippen LogP contribution in [0.2, 0.25) is 0 Å². The number of carbonyl (C=O) groups excluding carboxylic acids is 1. The summed E-state index contributed by atoms with van der Waals surface area (Å²) in [4.78, 5) is 31.2. The van der Waals surface area contributed by atoms with E-state index in [1.165, 1.54) is 17.4 Å². The number of hydrogen-bond acceptors (Lipinski definition) is 10. The number of β-amino-alcohol motifs (C(OH)–C–C–N with tert-alkyl or cyclic N) is 1. The molecule has 2 fully saturated rings. The number of hydrogen-bond donors (Lipinski definition) is 1. The Hall–Kier alpha value is -3.13. The van der Waals surface area contributed by atoms with Crippen LogP contribution in [0.5, 0.6) is 0 Å². The third kappa shape index (κ3) is 4.95. The van der Waals surface area contributed by atoms with Crippen LogP contribution in [0.25, 0.3) is 16.2 Å². The molecule has 4 aromatic rings. The number of rotatable bonds is 8. The Morgan fingerprint density at radius 1 is 1.23 bits per heavy atom. The smallest absolute Gasteiger partial charge is 0.236 e. The molecule has 13 heteroatoms. The number of imidazole rings is 1. The van der Waals surface area contributed by atoms with E-state index in [0.29, 0.717) is 25.2 Å². The summed E-state index contributed by atoms with van der Waals surface area (Å²) in [6, 6.07) is 5.31. The summed E-state index contributed by atoms with van der Waals surface area (Å²) < 4.78 is 15.7. The van der Waals surface area contributed by atoms with E-state index in [1.54, 1.807) is 29.2 Å². The lowest BCUT2D eigenvalue weighted by Gasteiger charge is -2.37. The van der Waals surface area contributed by atoms with Gasteiger partial charge in [0.15, 0.2) is 10.9 Å². The highest BCUT2D eigenvalue weighted by atomic mass is 32.1. The molecule has 2 aliphatic heterocycles. The number of benzene rings is 1. The minimum atomic E-state index is -0.381. The van der Waals surface area contributed by atoms with Crippen LogP contribution in [0.3, 0.4) is 0 Å². The van der Waals surface area contributed by atoms with Crippen LogP contribution in [-0.2, 0) is 11.2 Å². The van der Waals surface area contributed by atoms with E-state index in [9.17, 15) is 14.3 Å². The summed E-state index contributed by atoms with van der Waals surface area (Å²) in [7, 11) is 3.97. The highest BCUT2D eigenvalue weighted by Crippen LogP contribution is 2.36. The first kappa shape index (κ1) is 27.1. The summed E-state index contributed by atoms with van der Waals surface area (Å²) in [5.41, 5.74) is 3.25. The Kier molecular flexibility index (Phi) is 7.23. The molecule has 1 unspecified atom stereocenters. The topological polar surface area (TPSA) is 93.3 Å². The van der Waals surface area contributed by atoms with Gasteiger partial charge in [0, 0.05) is 50.2 Å². The van der Waals surface area contributed by atoms with Crippen LogP contribution in [0.1, 0.15) is 24.6 Å². The average molecular weight is 585 g/mol. The third-order valence-electron chi connectivity index (χ3n) is 7.78. The Balaban J connectivity index is 1.19. The molecule has 212 valence electrons. The maximum absolute atomic E-state index is 13.8. The molecule has 40 heavy (non-hydrogen) atoms. The fourth-order valence-electron chi connectivity index (χ4n) is 5.29. The van der Waals surface area contributed by atoms with Gasteiger partial charge in [-0.1, -0.05) is 18.3 Å². The molecule has 6 rings (SSSR count). The highest BCUT2D eigenvalue weighted by molar-refractivity contribution is 7.20. The zero-order valence-corrected chi connectivity index (χ0v) is 24.7. The van der Waals surface area contributed by atoms with E-state index in [-0.39, 0.29) is 23.9 Å². The largest absolute Gasteiger partial charge is 0.389 e. The quantitative estimate of drug-likeness (QED) is 0.337. The number of amides is 1. The van der Waals surface area contributed by atoms with Crippen LogP contribution < -0.4 is 9.80 Å². The van der Waals surface area contributed by atoms with Gasteiger partial charge in [-0.2, -0.15) is 4.52 Å². The van der Waals surface area contributed by atoms with Gasteiger partial charge in [0.1, 0.15) is 5.82 Å². The van der Waals surface area contributed by atoms with Crippen LogP contribution in [0, 0.1) is 12.7 Å². The molecule has 1 N–H and O–H groups in total. The Labute approximate surface area is 240 Å². The number of aryl methyl sites for hydroxylation is 2. The van der Waals surface area contributed by atoms with Gasteiger partial charge in [-0.3, -0.25) is 9.69 Å². The van der Waals surface area contributed by atoms with E-state index in [2.05, 4.69) is 16.7 Å². The zero-order valence-electron chi connectivity index (χ0n) is 23.0. The van der Waals surface area contributed by atoms with Crippen molar-refractivity contribution in [2.24, 2.45) is 0 Å². The second-order valence-electron chi connectivity index (χ2n) is 10.6. The van der Waals surface area contributed by atoms with Crippen LogP contribution >= 0.6 is 22.7 Å². The molecule has 0 radical (unpaired) electrons. The van der Waals surface area contributed by atoms with Gasteiger partial charge in [0.25, 0.3) is 0 Å². The maximum atomic E-state index is 13.8. The summed E-state index contributed by atoms with van der Waals surface area (Å²) in [6.07, 6.45) is 1.33. The number of aromatic nitrogens is 4. The van der Waals surface area contributed by atoms with Crippen molar-refractivity contribution in [1.29, 1.82) is 0 Å². The molecule has 0 saturated carbocycles. The third-order valence-corrected chi connectivity index (χ3v) is 9.67. The summed E-state index contributed by atoms with van der Waals surface area (Å²) in [5, 5.41) is 18.2. The molecule has 0 aliphatic carbocycles. The minimum Gasteiger partial charge on any atom is -0.389 e. The lowest BCUT2D eigenvalue weighted by Crippen LogP contribution is -2.56. The average Bonchev–Trinajstić information content (AvgIpc) is 3.70. The fourth-order valence-corrected chi connectivity index (χ4v) is 7.04. The number of aliphatic hydroxyl groups excluding tert-OH is 1. The standard InChI is InChI=1S/C27H33FN8O2S2/c1-5-21-24(33(4)25-30-22(15-39-25)17-6-7-20(28)16(2)10-17)36-26(29-21)40-27(31-36)34-9-8-18(11-34)32(3)14-23(38)35-12-19(37)13-35/h6-7,10,15,18-19,37H,5,8-9,11-14H2,1-4H3. The molecule has 2 aliphatic rings. The van der Waals surface area contributed by atoms with E-state index < -0.39 is 0 Å². The number of anilines is 3. The van der Waals surface area contributed by atoms with Gasteiger partial charge in [-0.05, 0) is 50.6 Å². The molecular formula is C27H33FN8O2S2. The van der Waals surface area contributed by atoms with Crippen molar-refractivity contribution in [3.63, 3.8) is 0 Å². The summed E-state index contributed by atoms with van der Waals surface area (Å²) in [6.45, 7) is 6.73. The minimum absolute atomic E-state index is 0.0682. The monoisotopic (exact) mass is 584 g/mol. The molecule has 3 aromatic heterocycles. The predicted molar refractivity (Wildman–Crippen MR) is 156 cm³/mol. The van der Waals surface area contributed by atoms with Gasteiger partial charge in [0.2, 0.25) is 16.0 Å². The molecule has 1 amide bonds. The Morgan fingerprint density at radius 3 is 2.75 bits per heavy atom. The summed E-state index contributed by atoms with van der Waals surface area (Å²) in [5.74, 6) is 0.742. The zero-order chi connectivity index (χ0) is 28.1. The molecule has 10 nitrogen and oxygen atoms in total. The molecule has 1 aromatic carbocycles. The number of likely N-dealkylation sites (tertiary alicyclic amines) is 1. The summed E-state index contributed by atoms with van der Waals surface area (Å²) >= 11 is 3.11. The van der Waals surface area contributed by atoms with Gasteiger partial charge >= 0.3 is 0 Å². The first-order chi connectivity index (χ1) is 19.2. The van der Waals surface area contributed by atoms with Crippen molar-refractivity contribution in [2.45, 2.75) is 38.8 Å². The van der Waals surface area contributed by atoms with Crippen molar-refractivity contribution < 1.29 is 14.3 Å². The number of carbonyl (C=O) groups is 1. The van der Waals surface area contributed by atoms with Crippen LogP contribution in [0.4, 0.5) is 20.5 Å². The Bertz CT molecular complexity index is 1540. The van der Waals surface area contributed by atoms with E-state index in [0.717, 1.165) is 63.9 Å². The van der Waals surface area contributed by atoms with Crippen molar-refractivity contribution in [3.8, 4) is 11.3 Å². The molecule has 1 atom stereocenters. The Morgan fingerprint density at radius 2 is 2.02 bits per heavy atom. The number of nitrogens with zero attached hydrogens (tertiary/aromatic N) is 8. The number of aliphatic hydroxyl groups is 1. The van der Waals surface area contributed by atoms with Gasteiger partial charge in [-0.25, -0.2) is 14.4 Å². The van der Waals surface area contributed by atoms with Crippen molar-refractivity contribution in [3.05, 3.63) is 40.7 Å². The second kappa shape index (κ2) is 10.7. The number of fused-ring (bicyclic) bond motifs is 1. The first-order valence-corrected chi connectivity index (χ1v) is 15.2. The van der Waals surface area contributed by atoms with Crippen molar-refractivity contribution in [2.75, 3.05) is 56.6 Å². The molecule has 0 spiro atoms. The van der Waals surface area contributed by atoms with E-state index in [1.807, 2.05) is 35.0 Å². The molecule has 5 heterocycles. The van der Waals surface area contributed by atoms with Gasteiger partial charge in [0.05, 0.1) is 24.0 Å². The predicted octanol–water partition coefficient (Wildman–Crippen LogP) is 3.41. The molecular weight excluding hydrogens is 551 g/mol. The van der Waals surface area contributed by atoms with Crippen LogP contribution in [0.15, 0.2) is 23.6 Å². The van der Waals surface area contributed by atoms with Gasteiger partial charge < -0.3 is 19.8 Å². The SMILES string of the molecule is CCc1nc2sc(N3CCC(N(C)CC(=O)N4CC(O)C4)C3)nn2c1N(C)c1nc(-c2ccc(F)c(C)c2)cs1. The van der Waals surface area contributed by atoms with E-state index in [4.69, 9.17) is 15.1 Å². The molecule has 0 bridgehead atoms. The van der Waals surface area contributed by atoms with Crippen LogP contribution in [-0.4, -0.2) is 99.4 Å². The van der Waals surface area contributed by atoms with Crippen molar-refractivity contribution in [1.82, 2.24) is 29.4 Å². The lowest BCUT2D eigenvalue weighted by molar-refractivity contribution is -0.142. The fraction of sp³-hybridized carbons (Fsp3) is 0.481. The first-order valence-electron chi connectivity index (χ1n) is 13.5. The molecule has 2 saturated heterocycles. The van der Waals surface area contributed by atoms with E-state index >= 15 is 0 Å². The van der Waals surface area contributed by atoms with Gasteiger partial charge in [-0.15, -0.1) is 16.4 Å². The van der Waals surface area contributed by atoms with Crippen molar-refractivity contribution >= 4 is 49.6 Å². The second-order valence-corrected chi connectivity index (χ2v) is 12.4.